The smallest absolute Gasteiger partial charge is 0.272 e. The van der Waals surface area contributed by atoms with Gasteiger partial charge in [-0.15, -0.1) is 11.8 Å². The number of amides is 3. The fourth-order valence-electron chi connectivity index (χ4n) is 4.63. The number of anilines is 2. The normalized spacial score (nSPS) is 11.7. The topological polar surface area (TPSA) is 96.5 Å². The molecule has 3 N–H and O–H groups in total. The van der Waals surface area contributed by atoms with Gasteiger partial charge in [0.2, 0.25) is 5.91 Å². The van der Waals surface area contributed by atoms with E-state index in [1.807, 2.05) is 49.4 Å². The Hall–Kier alpha value is -5.19. The van der Waals surface area contributed by atoms with Crippen LogP contribution in [0.4, 0.5) is 15.8 Å². The van der Waals surface area contributed by atoms with E-state index in [1.54, 1.807) is 78.9 Å². The first-order valence-corrected chi connectivity index (χ1v) is 16.7. The summed E-state index contributed by atoms with van der Waals surface area (Å²) >= 11 is 4.52. The van der Waals surface area contributed by atoms with Crippen molar-refractivity contribution in [3.05, 3.63) is 160 Å². The Bertz CT molecular complexity index is 1920. The molecule has 0 fully saturated rings. The van der Waals surface area contributed by atoms with Crippen LogP contribution in [0.25, 0.3) is 6.08 Å². The summed E-state index contributed by atoms with van der Waals surface area (Å²) in [5.74, 6) is -1.35. The summed E-state index contributed by atoms with van der Waals surface area (Å²) in [6, 6.07) is 36.5. The van der Waals surface area contributed by atoms with Gasteiger partial charge in [0.05, 0.1) is 12.3 Å². The molecule has 5 aromatic carbocycles. The van der Waals surface area contributed by atoms with Crippen molar-refractivity contribution in [2.75, 3.05) is 17.2 Å². The second kappa shape index (κ2) is 16.6. The first-order valence-electron chi connectivity index (χ1n) is 15.0. The van der Waals surface area contributed by atoms with Gasteiger partial charge in [-0.25, -0.2) is 4.39 Å². The monoisotopic (exact) mass is 723 g/mol. The lowest BCUT2D eigenvalue weighted by Gasteiger charge is -2.18. The summed E-state index contributed by atoms with van der Waals surface area (Å²) in [5, 5.41) is 7.61. The Morgan fingerprint density at radius 3 is 2.19 bits per heavy atom. The molecular formula is C38H31BrFN3O4S. The standard InChI is InChI=1S/C38H31BrFN3O4S/c1-2-47-34-16-10-9-15-27(34)23-33(43-36(44)26-13-7-4-8-14-26)37(45)41-29-18-20-30(21-19-29)48-35(25-11-5-3-6-12-25)38(46)42-32-22-17-28(39)24-31(32)40/h3-24,35H,2H2,1H3,(H,41,45)(H,42,46)(H,43,44)/b33-23-. The van der Waals surface area contributed by atoms with Crippen molar-refractivity contribution >= 4 is 62.9 Å². The van der Waals surface area contributed by atoms with Gasteiger partial charge in [0.25, 0.3) is 11.8 Å². The molecule has 0 bridgehead atoms. The average molecular weight is 725 g/mol. The van der Waals surface area contributed by atoms with Crippen LogP contribution in [0.5, 0.6) is 5.75 Å². The zero-order valence-electron chi connectivity index (χ0n) is 25.8. The number of carbonyl (C=O) groups excluding carboxylic acids is 3. The molecule has 0 radical (unpaired) electrons. The quantitative estimate of drug-likeness (QED) is 0.0883. The maximum absolute atomic E-state index is 14.5. The van der Waals surface area contributed by atoms with Crippen LogP contribution in [-0.2, 0) is 9.59 Å². The lowest BCUT2D eigenvalue weighted by Crippen LogP contribution is -2.30. The van der Waals surface area contributed by atoms with E-state index in [0.717, 1.165) is 10.5 Å². The number of thioether (sulfide) groups is 1. The van der Waals surface area contributed by atoms with Crippen LogP contribution in [-0.4, -0.2) is 24.3 Å². The number of carbonyl (C=O) groups is 3. The van der Waals surface area contributed by atoms with Gasteiger partial charge in [0, 0.05) is 26.2 Å². The minimum atomic E-state index is -0.692. The van der Waals surface area contributed by atoms with Gasteiger partial charge in [-0.2, -0.15) is 0 Å². The second-order valence-corrected chi connectivity index (χ2v) is 12.4. The van der Waals surface area contributed by atoms with Crippen molar-refractivity contribution in [2.45, 2.75) is 17.1 Å². The van der Waals surface area contributed by atoms with Gasteiger partial charge >= 0.3 is 0 Å². The molecule has 0 aliphatic rings. The summed E-state index contributed by atoms with van der Waals surface area (Å²) < 4.78 is 20.8. The number of nitrogens with one attached hydrogen (secondary N) is 3. The third kappa shape index (κ3) is 9.21. The maximum Gasteiger partial charge on any atom is 0.272 e. The summed E-state index contributed by atoms with van der Waals surface area (Å²) in [6.45, 7) is 2.30. The van der Waals surface area contributed by atoms with Crippen molar-refractivity contribution in [2.24, 2.45) is 0 Å². The summed E-state index contributed by atoms with van der Waals surface area (Å²) in [7, 11) is 0. The van der Waals surface area contributed by atoms with E-state index in [4.69, 9.17) is 4.74 Å². The Morgan fingerprint density at radius 1 is 0.833 bits per heavy atom. The van der Waals surface area contributed by atoms with Crippen LogP contribution in [0.1, 0.15) is 33.7 Å². The molecule has 5 rings (SSSR count). The average Bonchev–Trinajstić information content (AvgIpc) is 3.10. The largest absolute Gasteiger partial charge is 0.493 e. The number of rotatable bonds is 12. The molecule has 48 heavy (non-hydrogen) atoms. The molecule has 5 aromatic rings. The van der Waals surface area contributed by atoms with Gasteiger partial charge in [-0.3, -0.25) is 14.4 Å². The molecule has 3 amide bonds. The molecule has 0 heterocycles. The van der Waals surface area contributed by atoms with Crippen LogP contribution >= 0.6 is 27.7 Å². The number of hydrogen-bond donors (Lipinski definition) is 3. The number of halogens is 2. The highest BCUT2D eigenvalue weighted by Crippen LogP contribution is 2.37. The molecule has 1 atom stereocenters. The highest BCUT2D eigenvalue weighted by molar-refractivity contribution is 9.10. The third-order valence-corrected chi connectivity index (χ3v) is 8.70. The van der Waals surface area contributed by atoms with Gasteiger partial charge < -0.3 is 20.7 Å². The molecular weight excluding hydrogens is 693 g/mol. The van der Waals surface area contributed by atoms with E-state index in [2.05, 4.69) is 31.9 Å². The van der Waals surface area contributed by atoms with E-state index in [-0.39, 0.29) is 17.3 Å². The van der Waals surface area contributed by atoms with Crippen LogP contribution < -0.4 is 20.7 Å². The lowest BCUT2D eigenvalue weighted by molar-refractivity contribution is -0.116. The Morgan fingerprint density at radius 2 is 1.50 bits per heavy atom. The lowest BCUT2D eigenvalue weighted by atomic mass is 10.1. The van der Waals surface area contributed by atoms with Crippen LogP contribution in [0.2, 0.25) is 0 Å². The second-order valence-electron chi connectivity index (χ2n) is 10.3. The predicted octanol–water partition coefficient (Wildman–Crippen LogP) is 8.87. The molecule has 7 nitrogen and oxygen atoms in total. The van der Waals surface area contributed by atoms with E-state index in [1.165, 1.54) is 23.9 Å². The summed E-state index contributed by atoms with van der Waals surface area (Å²) in [5.41, 5.74) is 2.34. The van der Waals surface area contributed by atoms with E-state index < -0.39 is 22.9 Å². The van der Waals surface area contributed by atoms with Crippen molar-refractivity contribution in [1.82, 2.24) is 5.32 Å². The minimum absolute atomic E-state index is 0.0236. The Balaban J connectivity index is 1.35. The predicted molar refractivity (Wildman–Crippen MR) is 192 cm³/mol. The number of ether oxygens (including phenoxy) is 1. The fourth-order valence-corrected chi connectivity index (χ4v) is 5.98. The van der Waals surface area contributed by atoms with Gasteiger partial charge in [0.15, 0.2) is 0 Å². The van der Waals surface area contributed by atoms with Crippen LogP contribution in [0.3, 0.4) is 0 Å². The van der Waals surface area contributed by atoms with Gasteiger partial charge in [-0.1, -0.05) is 82.7 Å². The SMILES string of the molecule is CCOc1ccccc1/C=C(\NC(=O)c1ccccc1)C(=O)Nc1ccc(SC(C(=O)Nc2ccc(Br)cc2F)c2ccccc2)cc1. The molecule has 0 spiro atoms. The zero-order chi connectivity index (χ0) is 33.9. The highest BCUT2D eigenvalue weighted by atomic mass is 79.9. The first-order chi connectivity index (χ1) is 23.3. The van der Waals surface area contributed by atoms with Crippen molar-refractivity contribution in [1.29, 1.82) is 0 Å². The van der Waals surface area contributed by atoms with Crippen LogP contribution in [0, 0.1) is 5.82 Å². The van der Waals surface area contributed by atoms with Crippen LogP contribution in [0.15, 0.2) is 142 Å². The molecule has 0 saturated heterocycles. The number of hydrogen-bond acceptors (Lipinski definition) is 5. The molecule has 10 heteroatoms. The molecule has 242 valence electrons. The minimum Gasteiger partial charge on any atom is -0.493 e. The van der Waals surface area contributed by atoms with E-state index >= 15 is 0 Å². The molecule has 0 aromatic heterocycles. The maximum atomic E-state index is 14.5. The Kier molecular flexibility index (Phi) is 11.8. The Labute approximate surface area is 290 Å². The van der Waals surface area contributed by atoms with Crippen molar-refractivity contribution in [3.63, 3.8) is 0 Å². The van der Waals surface area contributed by atoms with Crippen molar-refractivity contribution < 1.29 is 23.5 Å². The molecule has 0 aliphatic carbocycles. The van der Waals surface area contributed by atoms with E-state index in [0.29, 0.717) is 33.6 Å². The fraction of sp³-hybridized carbons (Fsp3) is 0.0789. The third-order valence-electron chi connectivity index (χ3n) is 6.94. The molecule has 0 aliphatic heterocycles. The first kappa shape index (κ1) is 34.2. The van der Waals surface area contributed by atoms with Gasteiger partial charge in [-0.05, 0) is 79.2 Å². The number of benzene rings is 5. The number of para-hydroxylation sites is 1. The zero-order valence-corrected chi connectivity index (χ0v) is 28.2. The van der Waals surface area contributed by atoms with E-state index in [9.17, 15) is 18.8 Å². The summed E-state index contributed by atoms with van der Waals surface area (Å²) in [4.78, 5) is 40.8. The van der Waals surface area contributed by atoms with Gasteiger partial charge in [0.1, 0.15) is 22.5 Å². The summed E-state index contributed by atoms with van der Waals surface area (Å²) in [6.07, 6.45) is 1.57. The van der Waals surface area contributed by atoms with Crippen molar-refractivity contribution in [3.8, 4) is 5.75 Å². The highest BCUT2D eigenvalue weighted by Gasteiger charge is 2.23. The molecule has 1 unspecified atom stereocenters. The molecule has 0 saturated carbocycles.